The summed E-state index contributed by atoms with van der Waals surface area (Å²) in [6.07, 6.45) is 9.79. The molecule has 1 aromatic heterocycles. The summed E-state index contributed by atoms with van der Waals surface area (Å²) >= 11 is 0. The first-order valence-electron chi connectivity index (χ1n) is 9.15. The van der Waals surface area contributed by atoms with Gasteiger partial charge in [0.1, 0.15) is 0 Å². The first-order chi connectivity index (χ1) is 11.2. The number of carbonyl (C=O) groups is 1. The lowest BCUT2D eigenvalue weighted by molar-refractivity contribution is -0.135. The van der Waals surface area contributed by atoms with Crippen LogP contribution in [0, 0.1) is 24.2 Å². The highest BCUT2D eigenvalue weighted by molar-refractivity contribution is 5.85. The highest BCUT2D eigenvalue weighted by Crippen LogP contribution is 2.59. The Morgan fingerprint density at radius 2 is 1.96 bits per heavy atom. The lowest BCUT2D eigenvalue weighted by Gasteiger charge is -2.33. The molecule has 1 aromatic rings. The Bertz CT molecular complexity index is 577. The molecule has 1 aliphatic carbocycles. The summed E-state index contributed by atoms with van der Waals surface area (Å²) in [4.78, 5) is 14.9. The maximum atomic E-state index is 12.8. The zero-order valence-corrected chi connectivity index (χ0v) is 16.6. The summed E-state index contributed by atoms with van der Waals surface area (Å²) in [5, 5.41) is 7.81. The fraction of sp³-hybridized carbons (Fsp3) is 0.778. The van der Waals surface area contributed by atoms with E-state index >= 15 is 0 Å². The van der Waals surface area contributed by atoms with Gasteiger partial charge in [0, 0.05) is 31.7 Å². The summed E-state index contributed by atoms with van der Waals surface area (Å²) in [5.74, 6) is 1.43. The van der Waals surface area contributed by atoms with Crippen molar-refractivity contribution in [2.75, 3.05) is 26.2 Å². The number of nitrogens with zero attached hydrogens (tertiary/aromatic N) is 3. The van der Waals surface area contributed by atoms with Crippen LogP contribution < -0.4 is 5.32 Å². The van der Waals surface area contributed by atoms with Gasteiger partial charge in [0.2, 0.25) is 5.91 Å². The van der Waals surface area contributed by atoms with E-state index in [2.05, 4.69) is 33.1 Å². The van der Waals surface area contributed by atoms with Crippen molar-refractivity contribution in [2.24, 2.45) is 17.3 Å². The minimum Gasteiger partial charge on any atom is -0.342 e. The molecule has 0 bridgehead atoms. The fourth-order valence-electron chi connectivity index (χ4n) is 4.56. The number of aryl methyl sites for hydroxylation is 1. The third-order valence-corrected chi connectivity index (χ3v) is 6.22. The van der Waals surface area contributed by atoms with Gasteiger partial charge >= 0.3 is 0 Å². The second-order valence-electron chi connectivity index (χ2n) is 7.88. The molecule has 1 unspecified atom stereocenters. The van der Waals surface area contributed by atoms with Crippen LogP contribution in [0.3, 0.4) is 0 Å². The van der Waals surface area contributed by atoms with Gasteiger partial charge in [-0.2, -0.15) is 5.10 Å². The molecule has 3 aliphatic rings. The molecule has 3 fully saturated rings. The molecule has 1 N–H and O–H groups in total. The Balaban J connectivity index is 0.00000113. The van der Waals surface area contributed by atoms with Gasteiger partial charge in [-0.15, -0.1) is 24.8 Å². The molecule has 142 valence electrons. The molecule has 7 heteroatoms. The van der Waals surface area contributed by atoms with E-state index in [0.29, 0.717) is 23.2 Å². The Kier molecular flexibility index (Phi) is 6.80. The Hall–Kier alpha value is -0.780. The summed E-state index contributed by atoms with van der Waals surface area (Å²) in [6, 6.07) is 0. The average molecular weight is 389 g/mol. The molecule has 2 aliphatic heterocycles. The van der Waals surface area contributed by atoms with Crippen LogP contribution in [0.1, 0.15) is 37.7 Å². The smallest absolute Gasteiger partial charge is 0.226 e. The lowest BCUT2D eigenvalue weighted by Crippen LogP contribution is -2.41. The molecule has 5 nitrogen and oxygen atoms in total. The van der Waals surface area contributed by atoms with Crippen LogP contribution in [0.4, 0.5) is 0 Å². The van der Waals surface area contributed by atoms with Gasteiger partial charge in [0.15, 0.2) is 0 Å². The molecule has 2 saturated heterocycles. The number of nitrogens with one attached hydrogen (secondary N) is 1. The van der Waals surface area contributed by atoms with E-state index in [1.165, 1.54) is 18.4 Å². The first-order valence-corrected chi connectivity index (χ1v) is 9.15. The molecule has 25 heavy (non-hydrogen) atoms. The van der Waals surface area contributed by atoms with Crippen molar-refractivity contribution in [3.63, 3.8) is 0 Å². The van der Waals surface area contributed by atoms with Crippen molar-refractivity contribution in [3.05, 3.63) is 18.0 Å². The quantitative estimate of drug-likeness (QED) is 0.865. The van der Waals surface area contributed by atoms with E-state index in [1.807, 2.05) is 6.20 Å². The van der Waals surface area contributed by atoms with Crippen molar-refractivity contribution >= 4 is 30.7 Å². The van der Waals surface area contributed by atoms with Crippen molar-refractivity contribution in [1.82, 2.24) is 20.0 Å². The van der Waals surface area contributed by atoms with E-state index in [1.54, 1.807) is 0 Å². The second kappa shape index (κ2) is 8.28. The molecule has 0 aromatic carbocycles. The van der Waals surface area contributed by atoms with E-state index in [4.69, 9.17) is 0 Å². The maximum Gasteiger partial charge on any atom is 0.226 e. The Morgan fingerprint density at radius 3 is 2.56 bits per heavy atom. The number of aromatic nitrogens is 2. The van der Waals surface area contributed by atoms with Crippen LogP contribution >= 0.6 is 24.8 Å². The predicted octanol–water partition coefficient (Wildman–Crippen LogP) is 2.66. The predicted molar refractivity (Wildman–Crippen MR) is 103 cm³/mol. The van der Waals surface area contributed by atoms with Gasteiger partial charge < -0.3 is 10.2 Å². The normalized spacial score (nSPS) is 25.2. The number of hydrogen-bond acceptors (Lipinski definition) is 3. The summed E-state index contributed by atoms with van der Waals surface area (Å²) in [7, 11) is 0. The number of rotatable bonds is 3. The van der Waals surface area contributed by atoms with Crippen LogP contribution in [-0.4, -0.2) is 46.8 Å². The van der Waals surface area contributed by atoms with Gasteiger partial charge in [-0.3, -0.25) is 9.48 Å². The van der Waals surface area contributed by atoms with Crippen molar-refractivity contribution in [1.29, 1.82) is 0 Å². The van der Waals surface area contributed by atoms with Crippen LogP contribution in [0.25, 0.3) is 0 Å². The number of likely N-dealkylation sites (tertiary alicyclic amines) is 1. The van der Waals surface area contributed by atoms with E-state index in [-0.39, 0.29) is 24.8 Å². The van der Waals surface area contributed by atoms with E-state index < -0.39 is 0 Å². The minimum atomic E-state index is 0. The zero-order chi connectivity index (χ0) is 15.9. The SMILES string of the molecule is Cc1cnn(CC2CCN(C(=O)C3CC34CCNCC4)CC2)c1.Cl.Cl. The van der Waals surface area contributed by atoms with Crippen LogP contribution in [0.2, 0.25) is 0 Å². The number of amides is 1. The molecule has 1 saturated carbocycles. The van der Waals surface area contributed by atoms with Gasteiger partial charge in [0.25, 0.3) is 0 Å². The van der Waals surface area contributed by atoms with Crippen LogP contribution in [0.15, 0.2) is 12.4 Å². The van der Waals surface area contributed by atoms with Crippen LogP contribution in [-0.2, 0) is 11.3 Å². The van der Waals surface area contributed by atoms with Gasteiger partial charge in [-0.05, 0) is 69.0 Å². The monoisotopic (exact) mass is 388 g/mol. The van der Waals surface area contributed by atoms with Crippen molar-refractivity contribution in [3.8, 4) is 0 Å². The van der Waals surface area contributed by atoms with Gasteiger partial charge in [-0.1, -0.05) is 0 Å². The number of halogens is 2. The molecule has 1 atom stereocenters. The van der Waals surface area contributed by atoms with Gasteiger partial charge in [0.05, 0.1) is 6.20 Å². The second-order valence-corrected chi connectivity index (χ2v) is 7.88. The molecule has 3 heterocycles. The summed E-state index contributed by atoms with van der Waals surface area (Å²) in [5.41, 5.74) is 1.59. The molecule has 1 spiro atoms. The number of hydrogen-bond donors (Lipinski definition) is 1. The minimum absolute atomic E-state index is 0. The average Bonchev–Trinajstić information content (AvgIpc) is 3.09. The van der Waals surface area contributed by atoms with E-state index in [0.717, 1.165) is 52.0 Å². The summed E-state index contributed by atoms with van der Waals surface area (Å²) < 4.78 is 2.06. The highest BCUT2D eigenvalue weighted by Gasteiger charge is 2.58. The summed E-state index contributed by atoms with van der Waals surface area (Å²) in [6.45, 7) is 7.14. The fourth-order valence-corrected chi connectivity index (χ4v) is 4.56. The number of piperidine rings is 2. The molecule has 0 radical (unpaired) electrons. The zero-order valence-electron chi connectivity index (χ0n) is 14.9. The standard InChI is InChI=1S/C18H28N4O.2ClH/c1-14-11-20-22(12-14)13-15-2-8-21(9-3-15)17(23)16-10-18(16)4-6-19-7-5-18;;/h11-12,15-16,19H,2-10,13H2,1H3;2*1H. The maximum absolute atomic E-state index is 12.8. The Labute approximate surface area is 162 Å². The molecular formula is C18H30Cl2N4O. The highest BCUT2D eigenvalue weighted by atomic mass is 35.5. The van der Waals surface area contributed by atoms with Crippen molar-refractivity contribution in [2.45, 2.75) is 45.6 Å². The Morgan fingerprint density at radius 1 is 1.28 bits per heavy atom. The van der Waals surface area contributed by atoms with Crippen LogP contribution in [0.5, 0.6) is 0 Å². The van der Waals surface area contributed by atoms with Gasteiger partial charge in [-0.25, -0.2) is 0 Å². The topological polar surface area (TPSA) is 50.2 Å². The molecule has 1 amide bonds. The first kappa shape index (κ1) is 20.5. The third-order valence-electron chi connectivity index (χ3n) is 6.22. The molecule has 4 rings (SSSR count). The van der Waals surface area contributed by atoms with Crippen molar-refractivity contribution < 1.29 is 4.79 Å². The number of carbonyl (C=O) groups excluding carboxylic acids is 1. The van der Waals surface area contributed by atoms with E-state index in [9.17, 15) is 4.79 Å². The largest absolute Gasteiger partial charge is 0.342 e. The lowest BCUT2D eigenvalue weighted by atomic mass is 9.91. The molecular weight excluding hydrogens is 359 g/mol. The third kappa shape index (κ3) is 4.32.